The van der Waals surface area contributed by atoms with E-state index in [1.165, 1.54) is 17.5 Å². The van der Waals surface area contributed by atoms with Crippen LogP contribution in [0.4, 0.5) is 0 Å². The van der Waals surface area contributed by atoms with E-state index in [9.17, 15) is 4.79 Å². The predicted molar refractivity (Wildman–Crippen MR) is 158 cm³/mol. The number of nitrogens with zero attached hydrogens (tertiary/aromatic N) is 1. The third-order valence-corrected chi connectivity index (χ3v) is 6.77. The molecule has 0 saturated carbocycles. The lowest BCUT2D eigenvalue weighted by Gasteiger charge is -2.14. The van der Waals surface area contributed by atoms with E-state index in [4.69, 9.17) is 14.7 Å². The van der Waals surface area contributed by atoms with Crippen LogP contribution in [0.1, 0.15) is 74.1 Å². The number of esters is 1. The van der Waals surface area contributed by atoms with Crippen LogP contribution in [0.3, 0.4) is 0 Å². The Morgan fingerprint density at radius 3 is 2.41 bits per heavy atom. The zero-order valence-corrected chi connectivity index (χ0v) is 23.2. The van der Waals surface area contributed by atoms with Crippen LogP contribution < -0.4 is 4.74 Å². The number of unbranched alkanes of at least 4 members (excludes halogenated alkanes) is 3. The molecule has 4 nitrogen and oxygen atoms in total. The van der Waals surface area contributed by atoms with Gasteiger partial charge in [0.05, 0.1) is 24.8 Å². The molecule has 3 rings (SSSR count). The van der Waals surface area contributed by atoms with Crippen molar-refractivity contribution in [3.05, 3.63) is 107 Å². The molecular weight excluding hydrogens is 482 g/mol. The minimum atomic E-state index is -0.122. The van der Waals surface area contributed by atoms with Gasteiger partial charge in [-0.15, -0.1) is 0 Å². The van der Waals surface area contributed by atoms with E-state index in [0.717, 1.165) is 56.3 Å². The van der Waals surface area contributed by atoms with Gasteiger partial charge in [-0.25, -0.2) is 0 Å². The lowest BCUT2D eigenvalue weighted by atomic mass is 9.92. The van der Waals surface area contributed by atoms with Gasteiger partial charge in [0.1, 0.15) is 5.75 Å². The number of hydrogen-bond acceptors (Lipinski definition) is 4. The lowest BCUT2D eigenvalue weighted by Crippen LogP contribution is -2.05. The maximum absolute atomic E-state index is 11.7. The Bertz CT molecular complexity index is 1180. The van der Waals surface area contributed by atoms with E-state index >= 15 is 0 Å². The monoisotopic (exact) mass is 523 g/mol. The molecule has 0 heterocycles. The first-order valence-electron chi connectivity index (χ1n) is 14.3. The molecule has 0 N–H and O–H groups in total. The third kappa shape index (κ3) is 11.6. The summed E-state index contributed by atoms with van der Waals surface area (Å²) in [7, 11) is 0. The predicted octanol–water partition coefficient (Wildman–Crippen LogP) is 8.35. The molecule has 4 heteroatoms. The normalized spacial score (nSPS) is 11.7. The number of ether oxygens (including phenoxy) is 2. The van der Waals surface area contributed by atoms with Crippen LogP contribution in [-0.4, -0.2) is 19.2 Å². The fraction of sp³-hybridized carbons (Fsp3) is 0.371. The molecule has 204 valence electrons. The van der Waals surface area contributed by atoms with Crippen molar-refractivity contribution in [3.63, 3.8) is 0 Å². The Kier molecular flexibility index (Phi) is 13.4. The van der Waals surface area contributed by atoms with Gasteiger partial charge in [-0.2, -0.15) is 5.26 Å². The average molecular weight is 524 g/mol. The fourth-order valence-corrected chi connectivity index (χ4v) is 4.62. The van der Waals surface area contributed by atoms with Crippen molar-refractivity contribution in [2.75, 3.05) is 13.2 Å². The van der Waals surface area contributed by atoms with Gasteiger partial charge in [-0.05, 0) is 87.1 Å². The summed E-state index contributed by atoms with van der Waals surface area (Å²) in [4.78, 5) is 11.7. The second-order valence-electron chi connectivity index (χ2n) is 9.87. The molecule has 0 radical (unpaired) electrons. The van der Waals surface area contributed by atoms with Crippen LogP contribution in [0.2, 0.25) is 0 Å². The van der Waals surface area contributed by atoms with Gasteiger partial charge in [-0.3, -0.25) is 4.79 Å². The van der Waals surface area contributed by atoms with Crippen LogP contribution >= 0.6 is 0 Å². The Labute approximate surface area is 234 Å². The number of carbonyl (C=O) groups is 1. The van der Waals surface area contributed by atoms with Crippen LogP contribution in [-0.2, 0) is 22.4 Å². The molecule has 0 fully saturated rings. The van der Waals surface area contributed by atoms with Gasteiger partial charge in [0, 0.05) is 12.0 Å². The third-order valence-electron chi connectivity index (χ3n) is 6.77. The number of benzene rings is 3. The van der Waals surface area contributed by atoms with Crippen molar-refractivity contribution in [1.29, 1.82) is 5.26 Å². The number of para-hydroxylation sites is 1. The molecular formula is C35H41NO3. The van der Waals surface area contributed by atoms with Gasteiger partial charge in [0.25, 0.3) is 0 Å². The van der Waals surface area contributed by atoms with Gasteiger partial charge in [0.2, 0.25) is 0 Å². The maximum atomic E-state index is 11.7. The smallest absolute Gasteiger partial charge is 0.305 e. The van der Waals surface area contributed by atoms with Crippen molar-refractivity contribution < 1.29 is 14.3 Å². The molecule has 0 amide bonds. The summed E-state index contributed by atoms with van der Waals surface area (Å²) in [6.45, 7) is 2.98. The molecule has 1 unspecified atom stereocenters. The topological polar surface area (TPSA) is 59.3 Å². The molecule has 0 bridgehead atoms. The minimum absolute atomic E-state index is 0.122. The van der Waals surface area contributed by atoms with Gasteiger partial charge in [0.15, 0.2) is 0 Å². The summed E-state index contributed by atoms with van der Waals surface area (Å²) in [6.07, 6.45) is 13.0. The Morgan fingerprint density at radius 2 is 1.64 bits per heavy atom. The van der Waals surface area contributed by atoms with Crippen LogP contribution in [0.15, 0.2) is 84.9 Å². The first-order valence-corrected chi connectivity index (χ1v) is 14.3. The molecule has 0 saturated heterocycles. The molecule has 1 atom stereocenters. The molecule has 39 heavy (non-hydrogen) atoms. The van der Waals surface area contributed by atoms with Crippen LogP contribution in [0.25, 0.3) is 6.08 Å². The second kappa shape index (κ2) is 17.6. The fourth-order valence-electron chi connectivity index (χ4n) is 4.62. The minimum Gasteiger partial charge on any atom is -0.493 e. The first kappa shape index (κ1) is 29.7. The van der Waals surface area contributed by atoms with E-state index in [0.29, 0.717) is 31.1 Å². The SMILES string of the molecule is CCOC(=O)CCCCC(/C=C/c1ccccc1OCCCCCc1ccccc1)Cc1ccc(C#N)cc1. The summed E-state index contributed by atoms with van der Waals surface area (Å²) in [5.74, 6) is 1.10. The van der Waals surface area contributed by atoms with E-state index in [1.807, 2.05) is 49.4 Å². The molecule has 0 spiro atoms. The maximum Gasteiger partial charge on any atom is 0.305 e. The first-order chi connectivity index (χ1) is 19.2. The van der Waals surface area contributed by atoms with Gasteiger partial charge < -0.3 is 9.47 Å². The highest BCUT2D eigenvalue weighted by molar-refractivity contribution is 5.69. The summed E-state index contributed by atoms with van der Waals surface area (Å²) >= 11 is 0. The second-order valence-corrected chi connectivity index (χ2v) is 9.87. The number of rotatable bonds is 17. The number of aryl methyl sites for hydroxylation is 1. The van der Waals surface area contributed by atoms with Gasteiger partial charge in [-0.1, -0.05) is 79.2 Å². The standard InChI is InChI=1S/C35H41NO3/c1-2-38-35(37)19-11-8-16-30(27-31-20-22-32(28-36)23-21-31)24-25-33-17-9-10-18-34(33)39-26-12-4-7-15-29-13-5-3-6-14-29/h3,5-6,9-10,13-14,17-18,20-25,30H,2,4,7-8,11-12,15-16,19,26-27H2,1H3/b25-24+. The van der Waals surface area contributed by atoms with Crippen LogP contribution in [0, 0.1) is 17.2 Å². The molecule has 0 aromatic heterocycles. The highest BCUT2D eigenvalue weighted by Gasteiger charge is 2.10. The van der Waals surface area contributed by atoms with E-state index in [2.05, 4.69) is 54.6 Å². The summed E-state index contributed by atoms with van der Waals surface area (Å²) in [5.41, 5.74) is 4.35. The Hall–Kier alpha value is -3.84. The van der Waals surface area contributed by atoms with Crippen LogP contribution in [0.5, 0.6) is 5.75 Å². The van der Waals surface area contributed by atoms with E-state index in [-0.39, 0.29) is 5.97 Å². The number of carbonyl (C=O) groups excluding carboxylic acids is 1. The summed E-state index contributed by atoms with van der Waals surface area (Å²) < 4.78 is 11.2. The quantitative estimate of drug-likeness (QED) is 0.132. The highest BCUT2D eigenvalue weighted by atomic mass is 16.5. The van der Waals surface area contributed by atoms with Crippen molar-refractivity contribution in [3.8, 4) is 11.8 Å². The van der Waals surface area contributed by atoms with Crippen molar-refractivity contribution in [1.82, 2.24) is 0 Å². The largest absolute Gasteiger partial charge is 0.493 e. The Morgan fingerprint density at radius 1 is 0.872 bits per heavy atom. The molecule has 0 aliphatic rings. The van der Waals surface area contributed by atoms with E-state index < -0.39 is 0 Å². The molecule has 3 aromatic rings. The summed E-state index contributed by atoms with van der Waals surface area (Å²) in [5, 5.41) is 9.11. The Balaban J connectivity index is 1.54. The molecule has 3 aromatic carbocycles. The zero-order chi connectivity index (χ0) is 27.5. The number of hydrogen-bond donors (Lipinski definition) is 0. The van der Waals surface area contributed by atoms with Crippen molar-refractivity contribution in [2.24, 2.45) is 5.92 Å². The highest BCUT2D eigenvalue weighted by Crippen LogP contribution is 2.24. The molecule has 0 aliphatic carbocycles. The number of allylic oxidation sites excluding steroid dienone is 1. The molecule has 0 aliphatic heterocycles. The summed E-state index contributed by atoms with van der Waals surface area (Å²) in [6, 6.07) is 28.8. The van der Waals surface area contributed by atoms with E-state index in [1.54, 1.807) is 0 Å². The number of nitriles is 1. The average Bonchev–Trinajstić information content (AvgIpc) is 2.97. The van der Waals surface area contributed by atoms with Crippen molar-refractivity contribution in [2.45, 2.75) is 64.7 Å². The van der Waals surface area contributed by atoms with Crippen molar-refractivity contribution >= 4 is 12.0 Å². The lowest BCUT2D eigenvalue weighted by molar-refractivity contribution is -0.143. The zero-order valence-electron chi connectivity index (χ0n) is 23.2. The van der Waals surface area contributed by atoms with Gasteiger partial charge >= 0.3 is 5.97 Å².